The number of anilines is 3. The van der Waals surface area contributed by atoms with Crippen molar-refractivity contribution in [1.82, 2.24) is 24.6 Å². The molecular weight excluding hydrogens is 382 g/mol. The number of hydrogen-bond donors (Lipinski definition) is 4. The number of nitrogens with one attached hydrogen (secondary N) is 3. The first kappa shape index (κ1) is 18.8. The summed E-state index contributed by atoms with van der Waals surface area (Å²) in [5, 5.41) is 21.2. The van der Waals surface area contributed by atoms with Gasteiger partial charge in [0, 0.05) is 18.8 Å². The summed E-state index contributed by atoms with van der Waals surface area (Å²) in [5.74, 6) is 2.23. The van der Waals surface area contributed by atoms with Crippen molar-refractivity contribution in [2.45, 2.75) is 44.4 Å². The normalized spacial score (nSPS) is 19.4. The molecule has 9 heteroatoms. The number of aliphatic hydroxyl groups excluding tert-OH is 1. The lowest BCUT2D eigenvalue weighted by atomic mass is 9.93. The Morgan fingerprint density at radius 3 is 2.87 bits per heavy atom. The molecule has 4 N–H and O–H groups in total. The van der Waals surface area contributed by atoms with Crippen LogP contribution in [0.1, 0.15) is 31.5 Å². The van der Waals surface area contributed by atoms with E-state index >= 15 is 0 Å². The van der Waals surface area contributed by atoms with Crippen molar-refractivity contribution < 1.29 is 9.84 Å². The first-order valence-corrected chi connectivity index (χ1v) is 10.2. The van der Waals surface area contributed by atoms with E-state index in [4.69, 9.17) is 4.74 Å². The number of pyridine rings is 1. The van der Waals surface area contributed by atoms with Crippen LogP contribution in [0.4, 0.5) is 17.5 Å². The number of aromatic amines is 1. The Labute approximate surface area is 173 Å². The second-order valence-electron chi connectivity index (χ2n) is 7.74. The number of methoxy groups -OCH3 is 1. The van der Waals surface area contributed by atoms with Crippen molar-refractivity contribution in [3.05, 3.63) is 42.2 Å². The zero-order valence-corrected chi connectivity index (χ0v) is 16.8. The SMILES string of the molecule is COCc1nc2ccc(Nc3nc4cccc(NC5CCC(O)CC5)n4n3)cc2[nH]1. The molecule has 0 bridgehead atoms. The zero-order chi connectivity index (χ0) is 20.5. The van der Waals surface area contributed by atoms with Gasteiger partial charge in [0.25, 0.3) is 0 Å². The number of aliphatic hydroxyl groups is 1. The van der Waals surface area contributed by atoms with Crippen LogP contribution in [-0.2, 0) is 11.3 Å². The molecule has 0 amide bonds. The van der Waals surface area contributed by atoms with Crippen LogP contribution in [0, 0.1) is 0 Å². The van der Waals surface area contributed by atoms with E-state index in [9.17, 15) is 5.11 Å². The lowest BCUT2D eigenvalue weighted by Crippen LogP contribution is -2.29. The van der Waals surface area contributed by atoms with Gasteiger partial charge in [0.05, 0.1) is 17.1 Å². The average molecular weight is 407 g/mol. The third-order valence-electron chi connectivity index (χ3n) is 5.48. The summed E-state index contributed by atoms with van der Waals surface area (Å²) >= 11 is 0. The number of fused-ring (bicyclic) bond motifs is 2. The molecule has 3 aromatic heterocycles. The minimum Gasteiger partial charge on any atom is -0.393 e. The molecule has 30 heavy (non-hydrogen) atoms. The highest BCUT2D eigenvalue weighted by Gasteiger charge is 2.20. The molecule has 4 aromatic rings. The summed E-state index contributed by atoms with van der Waals surface area (Å²) in [6.07, 6.45) is 3.40. The van der Waals surface area contributed by atoms with Crippen LogP contribution in [0.25, 0.3) is 16.7 Å². The summed E-state index contributed by atoms with van der Waals surface area (Å²) in [6.45, 7) is 0.446. The van der Waals surface area contributed by atoms with E-state index < -0.39 is 0 Å². The Morgan fingerprint density at radius 1 is 1.17 bits per heavy atom. The molecule has 156 valence electrons. The van der Waals surface area contributed by atoms with Gasteiger partial charge in [0.15, 0.2) is 5.65 Å². The Balaban J connectivity index is 1.36. The highest BCUT2D eigenvalue weighted by atomic mass is 16.5. The van der Waals surface area contributed by atoms with Crippen LogP contribution in [-0.4, -0.2) is 48.9 Å². The van der Waals surface area contributed by atoms with E-state index in [-0.39, 0.29) is 6.10 Å². The molecule has 5 rings (SSSR count). The Kier molecular flexibility index (Phi) is 4.97. The van der Waals surface area contributed by atoms with Crippen molar-refractivity contribution in [1.29, 1.82) is 0 Å². The van der Waals surface area contributed by atoms with Gasteiger partial charge in [-0.1, -0.05) is 6.07 Å². The molecule has 9 nitrogen and oxygen atoms in total. The van der Waals surface area contributed by atoms with Crippen molar-refractivity contribution in [3.8, 4) is 0 Å². The molecule has 1 aliphatic rings. The molecule has 1 aliphatic carbocycles. The van der Waals surface area contributed by atoms with Gasteiger partial charge in [0.2, 0.25) is 5.95 Å². The van der Waals surface area contributed by atoms with Gasteiger partial charge in [0.1, 0.15) is 18.2 Å². The second-order valence-corrected chi connectivity index (χ2v) is 7.74. The fourth-order valence-corrected chi connectivity index (χ4v) is 3.97. The lowest BCUT2D eigenvalue weighted by Gasteiger charge is -2.26. The highest BCUT2D eigenvalue weighted by Crippen LogP contribution is 2.24. The van der Waals surface area contributed by atoms with Gasteiger partial charge in [-0.2, -0.15) is 9.50 Å². The smallest absolute Gasteiger partial charge is 0.247 e. The number of nitrogens with zero attached hydrogens (tertiary/aromatic N) is 4. The quantitative estimate of drug-likeness (QED) is 0.388. The molecule has 0 saturated heterocycles. The van der Waals surface area contributed by atoms with E-state index in [0.717, 1.165) is 59.7 Å². The van der Waals surface area contributed by atoms with Gasteiger partial charge in [-0.05, 0) is 56.0 Å². The number of rotatable bonds is 6. The second kappa shape index (κ2) is 7.92. The monoisotopic (exact) mass is 407 g/mol. The molecular formula is C21H25N7O2. The van der Waals surface area contributed by atoms with Crippen molar-refractivity contribution >= 4 is 34.1 Å². The van der Waals surface area contributed by atoms with Gasteiger partial charge >= 0.3 is 0 Å². The van der Waals surface area contributed by atoms with Crippen LogP contribution < -0.4 is 10.6 Å². The number of H-pyrrole nitrogens is 1. The molecule has 3 heterocycles. The molecule has 1 saturated carbocycles. The molecule has 0 spiro atoms. The largest absolute Gasteiger partial charge is 0.393 e. The number of benzene rings is 1. The summed E-state index contributed by atoms with van der Waals surface area (Å²) in [6, 6.07) is 12.1. The minimum atomic E-state index is -0.168. The molecule has 1 aromatic carbocycles. The van der Waals surface area contributed by atoms with E-state index in [1.54, 1.807) is 7.11 Å². The van der Waals surface area contributed by atoms with E-state index in [1.807, 2.05) is 40.9 Å². The van der Waals surface area contributed by atoms with Crippen molar-refractivity contribution in [2.75, 3.05) is 17.7 Å². The van der Waals surface area contributed by atoms with E-state index in [1.165, 1.54) is 0 Å². The summed E-state index contributed by atoms with van der Waals surface area (Å²) in [7, 11) is 1.65. The predicted octanol–water partition coefficient (Wildman–Crippen LogP) is 3.21. The third-order valence-corrected chi connectivity index (χ3v) is 5.48. The number of aromatic nitrogens is 5. The van der Waals surface area contributed by atoms with Gasteiger partial charge < -0.3 is 25.5 Å². The standard InChI is InChI=1S/C21H25N7O2/c1-30-12-18-24-16-10-7-14(11-17(16)25-18)23-21-26-20-4-2-3-19(28(20)27-21)22-13-5-8-15(29)9-6-13/h2-4,7,10-11,13,15,22,29H,5-6,8-9,12H2,1H3,(H,23,27)(H,24,25). The number of hydrogen-bond acceptors (Lipinski definition) is 7. The maximum absolute atomic E-state index is 9.73. The fourth-order valence-electron chi connectivity index (χ4n) is 3.97. The minimum absolute atomic E-state index is 0.168. The molecule has 0 atom stereocenters. The summed E-state index contributed by atoms with van der Waals surface area (Å²) in [5.41, 5.74) is 3.46. The third kappa shape index (κ3) is 3.81. The molecule has 0 radical (unpaired) electrons. The maximum atomic E-state index is 9.73. The van der Waals surface area contributed by atoms with Crippen LogP contribution in [0.2, 0.25) is 0 Å². The molecule has 1 fully saturated rings. The Bertz CT molecular complexity index is 1160. The van der Waals surface area contributed by atoms with Gasteiger partial charge in [-0.25, -0.2) is 4.98 Å². The van der Waals surface area contributed by atoms with Crippen LogP contribution in [0.3, 0.4) is 0 Å². The van der Waals surface area contributed by atoms with Gasteiger partial charge in [-0.15, -0.1) is 5.10 Å². The summed E-state index contributed by atoms with van der Waals surface area (Å²) in [4.78, 5) is 12.3. The first-order chi connectivity index (χ1) is 14.7. The predicted molar refractivity (Wildman–Crippen MR) is 115 cm³/mol. The van der Waals surface area contributed by atoms with E-state index in [2.05, 4.69) is 30.7 Å². The van der Waals surface area contributed by atoms with Crippen LogP contribution >= 0.6 is 0 Å². The number of ether oxygens (including phenoxy) is 1. The summed E-state index contributed by atoms with van der Waals surface area (Å²) < 4.78 is 6.96. The zero-order valence-electron chi connectivity index (χ0n) is 16.8. The Morgan fingerprint density at radius 2 is 2.03 bits per heavy atom. The first-order valence-electron chi connectivity index (χ1n) is 10.2. The number of imidazole rings is 1. The Hall–Kier alpha value is -3.17. The lowest BCUT2D eigenvalue weighted by molar-refractivity contribution is 0.126. The van der Waals surface area contributed by atoms with Gasteiger partial charge in [-0.3, -0.25) is 0 Å². The van der Waals surface area contributed by atoms with Crippen LogP contribution in [0.15, 0.2) is 36.4 Å². The van der Waals surface area contributed by atoms with Crippen LogP contribution in [0.5, 0.6) is 0 Å². The maximum Gasteiger partial charge on any atom is 0.247 e. The highest BCUT2D eigenvalue weighted by molar-refractivity contribution is 5.80. The molecule has 0 unspecified atom stereocenters. The topological polar surface area (TPSA) is 112 Å². The molecule has 0 aliphatic heterocycles. The average Bonchev–Trinajstić information content (AvgIpc) is 3.33. The fraction of sp³-hybridized carbons (Fsp3) is 0.381. The van der Waals surface area contributed by atoms with Crippen molar-refractivity contribution in [3.63, 3.8) is 0 Å². The van der Waals surface area contributed by atoms with E-state index in [0.29, 0.717) is 18.6 Å². The van der Waals surface area contributed by atoms with Crippen molar-refractivity contribution in [2.24, 2.45) is 0 Å².